The van der Waals surface area contributed by atoms with E-state index in [9.17, 15) is 29.8 Å². The molecule has 0 saturated carbocycles. The number of rotatable bonds is 12. The fourth-order valence-corrected chi connectivity index (χ4v) is 2.72. The summed E-state index contributed by atoms with van der Waals surface area (Å²) in [5, 5.41) is 28.8. The van der Waals surface area contributed by atoms with Crippen LogP contribution in [0, 0.1) is 20.2 Å². The first-order valence-corrected chi connectivity index (χ1v) is 10.8. The Hall–Kier alpha value is -5.66. The zero-order valence-electron chi connectivity index (χ0n) is 19.6. The molecule has 3 rings (SSSR count). The molecule has 14 heteroatoms. The molecule has 0 aliphatic carbocycles. The Morgan fingerprint density at radius 1 is 0.658 bits per heavy atom. The second kappa shape index (κ2) is 13.4. The summed E-state index contributed by atoms with van der Waals surface area (Å²) in [6.45, 7) is -0.625. The van der Waals surface area contributed by atoms with Crippen molar-refractivity contribution in [2.24, 2.45) is 10.2 Å². The predicted molar refractivity (Wildman–Crippen MR) is 135 cm³/mol. The highest BCUT2D eigenvalue weighted by Gasteiger charge is 2.06. The van der Waals surface area contributed by atoms with Gasteiger partial charge < -0.3 is 9.47 Å². The molecule has 0 aromatic heterocycles. The summed E-state index contributed by atoms with van der Waals surface area (Å²) in [6, 6.07) is 17.5. The summed E-state index contributed by atoms with van der Waals surface area (Å²) in [4.78, 5) is 44.0. The zero-order chi connectivity index (χ0) is 27.3. The summed E-state index contributed by atoms with van der Waals surface area (Å²) in [6.07, 6.45) is 2.68. The highest BCUT2D eigenvalue weighted by Crippen LogP contribution is 2.17. The minimum atomic E-state index is -0.519. The van der Waals surface area contributed by atoms with E-state index in [-0.39, 0.29) is 24.6 Å². The van der Waals surface area contributed by atoms with Crippen molar-refractivity contribution < 1.29 is 28.9 Å². The normalized spacial score (nSPS) is 10.7. The monoisotopic (exact) mass is 520 g/mol. The molecule has 14 nitrogen and oxygen atoms in total. The molecule has 0 radical (unpaired) electrons. The molecule has 0 spiro atoms. The summed E-state index contributed by atoms with van der Waals surface area (Å²) < 4.78 is 10.7. The fourth-order valence-electron chi connectivity index (χ4n) is 2.72. The third-order valence-electron chi connectivity index (χ3n) is 4.58. The topological polar surface area (TPSA) is 188 Å². The number of ether oxygens (including phenoxy) is 2. The molecule has 194 valence electrons. The van der Waals surface area contributed by atoms with Gasteiger partial charge in [-0.05, 0) is 59.7 Å². The number of hydrogen-bond acceptors (Lipinski definition) is 10. The number of nitrogens with zero attached hydrogens (tertiary/aromatic N) is 4. The number of carbonyl (C=O) groups excluding carboxylic acids is 2. The first-order valence-electron chi connectivity index (χ1n) is 10.8. The van der Waals surface area contributed by atoms with E-state index in [1.807, 2.05) is 0 Å². The molecule has 0 fully saturated rings. The van der Waals surface area contributed by atoms with Crippen molar-refractivity contribution in [3.05, 3.63) is 104 Å². The quantitative estimate of drug-likeness (QED) is 0.207. The maximum atomic E-state index is 11.9. The van der Waals surface area contributed by atoms with Crippen LogP contribution in [0.25, 0.3) is 0 Å². The number of amides is 2. The van der Waals surface area contributed by atoms with Crippen LogP contribution in [0.1, 0.15) is 11.1 Å². The highest BCUT2D eigenvalue weighted by molar-refractivity contribution is 5.84. The van der Waals surface area contributed by atoms with Gasteiger partial charge in [-0.25, -0.2) is 10.9 Å². The van der Waals surface area contributed by atoms with Gasteiger partial charge in [0.25, 0.3) is 23.2 Å². The third-order valence-corrected chi connectivity index (χ3v) is 4.58. The van der Waals surface area contributed by atoms with Crippen molar-refractivity contribution >= 4 is 35.6 Å². The van der Waals surface area contributed by atoms with Gasteiger partial charge in [0.05, 0.1) is 22.3 Å². The second-order valence-electron chi connectivity index (χ2n) is 7.33. The summed E-state index contributed by atoms with van der Waals surface area (Å²) >= 11 is 0. The molecule has 0 aliphatic rings. The molecule has 3 aromatic rings. The van der Waals surface area contributed by atoms with Gasteiger partial charge in [0.15, 0.2) is 13.2 Å². The summed E-state index contributed by atoms with van der Waals surface area (Å²) in [5.74, 6) is -0.281. The Kier molecular flexibility index (Phi) is 9.52. The maximum absolute atomic E-state index is 11.9. The van der Waals surface area contributed by atoms with E-state index in [0.29, 0.717) is 22.6 Å². The lowest BCUT2D eigenvalue weighted by Gasteiger charge is -2.07. The zero-order valence-corrected chi connectivity index (χ0v) is 19.6. The van der Waals surface area contributed by atoms with E-state index in [1.54, 1.807) is 24.3 Å². The number of nitro benzene ring substituents is 2. The number of non-ortho nitro benzene ring substituents is 2. The van der Waals surface area contributed by atoms with Gasteiger partial charge in [0.1, 0.15) is 11.5 Å². The Bertz CT molecular complexity index is 1240. The second-order valence-corrected chi connectivity index (χ2v) is 7.33. The van der Waals surface area contributed by atoms with Crippen molar-refractivity contribution in [1.82, 2.24) is 10.9 Å². The lowest BCUT2D eigenvalue weighted by Crippen LogP contribution is -2.25. The van der Waals surface area contributed by atoms with Crippen LogP contribution in [-0.2, 0) is 9.59 Å². The molecule has 2 N–H and O–H groups in total. The first kappa shape index (κ1) is 26.9. The largest absolute Gasteiger partial charge is 0.484 e. The number of hydrazone groups is 2. The van der Waals surface area contributed by atoms with Crippen LogP contribution >= 0.6 is 0 Å². The van der Waals surface area contributed by atoms with Crippen LogP contribution in [0.2, 0.25) is 0 Å². The molecular formula is C24H20N6O8. The standard InChI is InChI=1S/C24H20N6O8/c31-23(27-25-13-17-1-5-19(6-2-17)29(33)34)15-37-21-9-11-22(12-10-21)38-16-24(32)28-26-14-18-3-7-20(8-4-18)30(35)36/h1-14H,15-16H2,(H,27,31)(H,28,32)/b25-13+,26-14+. The minimum Gasteiger partial charge on any atom is -0.484 e. The Morgan fingerprint density at radius 3 is 1.32 bits per heavy atom. The van der Waals surface area contributed by atoms with Gasteiger partial charge in [-0.3, -0.25) is 29.8 Å². The van der Waals surface area contributed by atoms with Crippen LogP contribution in [0.3, 0.4) is 0 Å². The minimum absolute atomic E-state index is 0.0507. The average Bonchev–Trinajstić information content (AvgIpc) is 2.92. The molecule has 0 unspecified atom stereocenters. The molecule has 0 atom stereocenters. The van der Waals surface area contributed by atoms with Gasteiger partial charge >= 0.3 is 0 Å². The Balaban J connectivity index is 1.35. The van der Waals surface area contributed by atoms with E-state index in [4.69, 9.17) is 9.47 Å². The van der Waals surface area contributed by atoms with Crippen LogP contribution < -0.4 is 20.3 Å². The molecule has 3 aromatic carbocycles. The molecule has 0 bridgehead atoms. The lowest BCUT2D eigenvalue weighted by molar-refractivity contribution is -0.385. The number of hydrogen-bond donors (Lipinski definition) is 2. The van der Waals surface area contributed by atoms with Crippen LogP contribution in [-0.4, -0.2) is 47.3 Å². The van der Waals surface area contributed by atoms with Crippen molar-refractivity contribution in [2.45, 2.75) is 0 Å². The van der Waals surface area contributed by atoms with Gasteiger partial charge in [0.2, 0.25) is 0 Å². The van der Waals surface area contributed by atoms with Crippen LogP contribution in [0.15, 0.2) is 83.0 Å². The van der Waals surface area contributed by atoms with E-state index in [1.165, 1.54) is 61.0 Å². The molecule has 2 amide bonds. The van der Waals surface area contributed by atoms with Crippen molar-refractivity contribution in [3.8, 4) is 11.5 Å². The smallest absolute Gasteiger partial charge is 0.277 e. The average molecular weight is 520 g/mol. The van der Waals surface area contributed by atoms with Crippen LogP contribution in [0.5, 0.6) is 11.5 Å². The maximum Gasteiger partial charge on any atom is 0.277 e. The van der Waals surface area contributed by atoms with Crippen molar-refractivity contribution in [2.75, 3.05) is 13.2 Å². The van der Waals surface area contributed by atoms with Gasteiger partial charge in [-0.2, -0.15) is 10.2 Å². The van der Waals surface area contributed by atoms with Gasteiger partial charge in [-0.15, -0.1) is 0 Å². The van der Waals surface area contributed by atoms with Crippen LogP contribution in [0.4, 0.5) is 11.4 Å². The molecule has 0 saturated heterocycles. The predicted octanol–water partition coefficient (Wildman–Crippen LogP) is 2.56. The highest BCUT2D eigenvalue weighted by atomic mass is 16.6. The number of benzene rings is 3. The number of nitrogens with one attached hydrogen (secondary N) is 2. The number of nitro groups is 2. The molecule has 38 heavy (non-hydrogen) atoms. The first-order chi connectivity index (χ1) is 18.3. The van der Waals surface area contributed by atoms with E-state index in [0.717, 1.165) is 0 Å². The van der Waals surface area contributed by atoms with E-state index in [2.05, 4.69) is 21.1 Å². The SMILES string of the molecule is O=C(COc1ccc(OCC(=O)N/N=C/c2ccc([N+](=O)[O-])cc2)cc1)N/N=C/c1ccc([N+](=O)[O-])cc1. The Labute approximate surface area is 214 Å². The van der Waals surface area contributed by atoms with E-state index < -0.39 is 21.7 Å². The third kappa shape index (κ3) is 8.84. The summed E-state index contributed by atoms with van der Waals surface area (Å²) in [7, 11) is 0. The van der Waals surface area contributed by atoms with Crippen molar-refractivity contribution in [1.29, 1.82) is 0 Å². The fraction of sp³-hybridized carbons (Fsp3) is 0.0833. The molecular weight excluding hydrogens is 500 g/mol. The Morgan fingerprint density at radius 2 is 1.00 bits per heavy atom. The molecule has 0 heterocycles. The van der Waals surface area contributed by atoms with Gasteiger partial charge in [0, 0.05) is 24.3 Å². The van der Waals surface area contributed by atoms with Crippen molar-refractivity contribution in [3.63, 3.8) is 0 Å². The lowest BCUT2D eigenvalue weighted by atomic mass is 10.2. The molecule has 0 aliphatic heterocycles. The van der Waals surface area contributed by atoms with Gasteiger partial charge in [-0.1, -0.05) is 0 Å². The van der Waals surface area contributed by atoms with E-state index >= 15 is 0 Å². The number of carbonyl (C=O) groups is 2. The summed E-state index contributed by atoms with van der Waals surface area (Å²) in [5.41, 5.74) is 5.59.